The van der Waals surface area contributed by atoms with Gasteiger partial charge in [0, 0.05) is 36.5 Å². The van der Waals surface area contributed by atoms with Gasteiger partial charge in [-0.3, -0.25) is 14.8 Å². The van der Waals surface area contributed by atoms with E-state index in [1.54, 1.807) is 24.7 Å². The second-order valence-electron chi connectivity index (χ2n) is 5.61. The Morgan fingerprint density at radius 3 is 2.76 bits per heavy atom. The molecule has 3 rings (SSSR count). The zero-order chi connectivity index (χ0) is 17.5. The summed E-state index contributed by atoms with van der Waals surface area (Å²) < 4.78 is 0. The minimum atomic E-state index is -0.212. The van der Waals surface area contributed by atoms with Gasteiger partial charge >= 0.3 is 0 Å². The molecule has 1 amide bonds. The first-order valence-corrected chi connectivity index (χ1v) is 8.24. The Labute approximate surface area is 147 Å². The van der Waals surface area contributed by atoms with Crippen LogP contribution in [0.3, 0.4) is 0 Å². The molecule has 0 atom stereocenters. The Hall–Kier alpha value is -3.21. The number of hydrogen-bond donors (Lipinski definition) is 2. The van der Waals surface area contributed by atoms with Gasteiger partial charge in [0.2, 0.25) is 0 Å². The maximum atomic E-state index is 12.3. The number of rotatable bonds is 6. The lowest BCUT2D eigenvalue weighted by atomic mass is 10.1. The highest BCUT2D eigenvalue weighted by atomic mass is 16.1. The van der Waals surface area contributed by atoms with Crippen molar-refractivity contribution in [2.24, 2.45) is 0 Å². The summed E-state index contributed by atoms with van der Waals surface area (Å²) in [6.45, 7) is 2.54. The highest BCUT2D eigenvalue weighted by molar-refractivity contribution is 5.93. The topological polar surface area (TPSA) is 66.9 Å². The van der Waals surface area contributed by atoms with E-state index in [-0.39, 0.29) is 5.91 Å². The van der Waals surface area contributed by atoms with Crippen LogP contribution in [0, 0.1) is 0 Å². The number of anilines is 2. The van der Waals surface area contributed by atoms with E-state index in [0.29, 0.717) is 12.2 Å². The van der Waals surface area contributed by atoms with Crippen molar-refractivity contribution in [2.45, 2.75) is 19.9 Å². The number of hydrogen-bond acceptors (Lipinski definition) is 4. The Bertz CT molecular complexity index is 849. The van der Waals surface area contributed by atoms with Crippen LogP contribution < -0.4 is 10.6 Å². The van der Waals surface area contributed by atoms with Crippen LogP contribution in [0.5, 0.6) is 0 Å². The fourth-order valence-electron chi connectivity index (χ4n) is 2.51. The number of benzene rings is 1. The van der Waals surface area contributed by atoms with Gasteiger partial charge in [0.15, 0.2) is 0 Å². The van der Waals surface area contributed by atoms with Crippen LogP contribution >= 0.6 is 0 Å². The number of aromatic nitrogens is 2. The molecule has 2 aromatic heterocycles. The minimum Gasteiger partial charge on any atom is -0.355 e. The van der Waals surface area contributed by atoms with Crippen molar-refractivity contribution in [1.29, 1.82) is 0 Å². The fourth-order valence-corrected chi connectivity index (χ4v) is 2.51. The number of nitrogens with one attached hydrogen (secondary N) is 2. The Morgan fingerprint density at radius 1 is 1.08 bits per heavy atom. The van der Waals surface area contributed by atoms with E-state index in [2.05, 4.69) is 33.6 Å². The molecule has 0 aliphatic heterocycles. The van der Waals surface area contributed by atoms with Crippen LogP contribution in [0.15, 0.2) is 67.1 Å². The molecule has 0 fully saturated rings. The third kappa shape index (κ3) is 4.41. The van der Waals surface area contributed by atoms with Crippen molar-refractivity contribution in [3.05, 3.63) is 83.9 Å². The summed E-state index contributed by atoms with van der Waals surface area (Å²) in [7, 11) is 0. The van der Waals surface area contributed by atoms with Gasteiger partial charge in [-0.25, -0.2) is 0 Å². The van der Waals surface area contributed by atoms with E-state index >= 15 is 0 Å². The zero-order valence-corrected chi connectivity index (χ0v) is 14.1. The second kappa shape index (κ2) is 8.06. The molecule has 2 N–H and O–H groups in total. The Morgan fingerprint density at radius 2 is 1.96 bits per heavy atom. The molecule has 0 bridgehead atoms. The SMILES string of the molecule is CCc1ccccc1Nc1ccnc(C(=O)NCc2cccnc2)c1. The van der Waals surface area contributed by atoms with Gasteiger partial charge < -0.3 is 10.6 Å². The number of amides is 1. The maximum absolute atomic E-state index is 12.3. The Kier molecular flexibility index (Phi) is 5.36. The molecule has 1 aromatic carbocycles. The minimum absolute atomic E-state index is 0.212. The molecule has 0 saturated heterocycles. The normalized spacial score (nSPS) is 10.3. The second-order valence-corrected chi connectivity index (χ2v) is 5.61. The van der Waals surface area contributed by atoms with Crippen molar-refractivity contribution in [3.8, 4) is 0 Å². The van der Waals surface area contributed by atoms with E-state index in [0.717, 1.165) is 23.4 Å². The van der Waals surface area contributed by atoms with Gasteiger partial charge in [-0.15, -0.1) is 0 Å². The average Bonchev–Trinajstić information content (AvgIpc) is 2.67. The van der Waals surface area contributed by atoms with Crippen LogP contribution in [-0.4, -0.2) is 15.9 Å². The molecule has 5 heteroatoms. The smallest absolute Gasteiger partial charge is 0.270 e. The maximum Gasteiger partial charge on any atom is 0.270 e. The molecule has 0 aliphatic carbocycles. The van der Waals surface area contributed by atoms with Crippen molar-refractivity contribution >= 4 is 17.3 Å². The summed E-state index contributed by atoms with van der Waals surface area (Å²) in [4.78, 5) is 20.5. The average molecular weight is 332 g/mol. The number of carbonyl (C=O) groups is 1. The number of carbonyl (C=O) groups excluding carboxylic acids is 1. The van der Waals surface area contributed by atoms with Crippen LogP contribution in [0.25, 0.3) is 0 Å². The molecule has 3 aromatic rings. The van der Waals surface area contributed by atoms with Gasteiger partial charge in [0.05, 0.1) is 0 Å². The molecule has 5 nitrogen and oxygen atoms in total. The van der Waals surface area contributed by atoms with Crippen LogP contribution in [0.4, 0.5) is 11.4 Å². The first kappa shape index (κ1) is 16.6. The molecule has 2 heterocycles. The predicted octanol–water partition coefficient (Wildman–Crippen LogP) is 3.71. The first-order valence-electron chi connectivity index (χ1n) is 8.24. The third-order valence-corrected chi connectivity index (χ3v) is 3.85. The van der Waals surface area contributed by atoms with Gasteiger partial charge in [-0.2, -0.15) is 0 Å². The summed E-state index contributed by atoms with van der Waals surface area (Å²) in [5.74, 6) is -0.212. The number of nitrogens with zero attached hydrogens (tertiary/aromatic N) is 2. The predicted molar refractivity (Wildman–Crippen MR) is 98.7 cm³/mol. The molecular formula is C20H20N4O. The van der Waals surface area contributed by atoms with Gasteiger partial charge in [-0.05, 0) is 41.8 Å². The lowest BCUT2D eigenvalue weighted by Crippen LogP contribution is -2.23. The first-order chi connectivity index (χ1) is 12.3. The standard InChI is InChI=1S/C20H20N4O/c1-2-16-7-3-4-8-18(16)24-17-9-11-22-19(12-17)20(25)23-14-15-6-5-10-21-13-15/h3-13H,2,14H2,1H3,(H,22,24)(H,23,25). The van der Waals surface area contributed by atoms with Gasteiger partial charge in [0.1, 0.15) is 5.69 Å². The number of pyridine rings is 2. The number of para-hydroxylation sites is 1. The van der Waals surface area contributed by atoms with E-state index in [1.165, 1.54) is 5.56 Å². The molecule has 0 radical (unpaired) electrons. The molecular weight excluding hydrogens is 312 g/mol. The summed E-state index contributed by atoms with van der Waals surface area (Å²) in [6, 6.07) is 15.5. The molecule has 0 spiro atoms. The lowest BCUT2D eigenvalue weighted by Gasteiger charge is -2.11. The van der Waals surface area contributed by atoms with Crippen LogP contribution in [0.1, 0.15) is 28.5 Å². The van der Waals surface area contributed by atoms with Crippen LogP contribution in [-0.2, 0) is 13.0 Å². The molecule has 0 aliphatic rings. The quantitative estimate of drug-likeness (QED) is 0.722. The van der Waals surface area contributed by atoms with Crippen molar-refractivity contribution < 1.29 is 4.79 Å². The monoisotopic (exact) mass is 332 g/mol. The van der Waals surface area contributed by atoms with Crippen molar-refractivity contribution in [3.63, 3.8) is 0 Å². The van der Waals surface area contributed by atoms with Gasteiger partial charge in [-0.1, -0.05) is 31.2 Å². The largest absolute Gasteiger partial charge is 0.355 e. The van der Waals surface area contributed by atoms with E-state index in [4.69, 9.17) is 0 Å². The fraction of sp³-hybridized carbons (Fsp3) is 0.150. The van der Waals surface area contributed by atoms with E-state index in [9.17, 15) is 4.79 Å². The number of aryl methyl sites for hydroxylation is 1. The summed E-state index contributed by atoms with van der Waals surface area (Å²) in [5, 5.41) is 6.22. The Balaban J connectivity index is 1.69. The van der Waals surface area contributed by atoms with Gasteiger partial charge in [0.25, 0.3) is 5.91 Å². The lowest BCUT2D eigenvalue weighted by molar-refractivity contribution is 0.0946. The zero-order valence-electron chi connectivity index (χ0n) is 14.1. The van der Waals surface area contributed by atoms with Crippen LogP contribution in [0.2, 0.25) is 0 Å². The van der Waals surface area contributed by atoms with E-state index < -0.39 is 0 Å². The summed E-state index contributed by atoms with van der Waals surface area (Å²) in [5.41, 5.74) is 4.42. The molecule has 126 valence electrons. The summed E-state index contributed by atoms with van der Waals surface area (Å²) >= 11 is 0. The van der Waals surface area contributed by atoms with Crippen molar-refractivity contribution in [1.82, 2.24) is 15.3 Å². The van der Waals surface area contributed by atoms with E-state index in [1.807, 2.05) is 36.4 Å². The highest BCUT2D eigenvalue weighted by Gasteiger charge is 2.08. The summed E-state index contributed by atoms with van der Waals surface area (Å²) in [6.07, 6.45) is 6.01. The molecule has 0 unspecified atom stereocenters. The van der Waals surface area contributed by atoms with Crippen molar-refractivity contribution in [2.75, 3.05) is 5.32 Å². The molecule has 25 heavy (non-hydrogen) atoms. The highest BCUT2D eigenvalue weighted by Crippen LogP contribution is 2.21. The third-order valence-electron chi connectivity index (χ3n) is 3.85. The molecule has 0 saturated carbocycles.